The van der Waals surface area contributed by atoms with Gasteiger partial charge in [0.15, 0.2) is 0 Å². The minimum atomic E-state index is -4.47. The molecule has 0 saturated heterocycles. The lowest BCUT2D eigenvalue weighted by molar-refractivity contribution is -0.137. The first-order valence-corrected chi connectivity index (χ1v) is 9.79. The predicted molar refractivity (Wildman–Crippen MR) is 96.7 cm³/mol. The highest BCUT2D eigenvalue weighted by Gasteiger charge is 2.35. The molecule has 26 heavy (non-hydrogen) atoms. The van der Waals surface area contributed by atoms with Crippen molar-refractivity contribution in [2.45, 2.75) is 18.6 Å². The molecule has 0 spiro atoms. The number of nitrogens with zero attached hydrogens (tertiary/aromatic N) is 1. The number of amides is 1. The molecule has 3 aromatic rings. The second-order valence-corrected chi connectivity index (χ2v) is 8.02. The van der Waals surface area contributed by atoms with Gasteiger partial charge in [0.05, 0.1) is 11.6 Å². The van der Waals surface area contributed by atoms with Gasteiger partial charge in [-0.25, -0.2) is 0 Å². The monoisotopic (exact) mass is 393 g/mol. The molecule has 1 atom stereocenters. The SMILES string of the molecule is O=C(c1cccc(C(F)(F)F)c1)N1CCc2sccc2[C@H]1c1cccs1. The van der Waals surface area contributed by atoms with Gasteiger partial charge in [0.2, 0.25) is 0 Å². The fraction of sp³-hybridized carbons (Fsp3) is 0.211. The van der Waals surface area contributed by atoms with Crippen molar-refractivity contribution in [3.63, 3.8) is 0 Å². The Morgan fingerprint density at radius 3 is 2.65 bits per heavy atom. The van der Waals surface area contributed by atoms with Crippen LogP contribution in [0.2, 0.25) is 0 Å². The van der Waals surface area contributed by atoms with Gasteiger partial charge >= 0.3 is 6.18 Å². The molecule has 134 valence electrons. The molecule has 0 radical (unpaired) electrons. The van der Waals surface area contributed by atoms with Crippen LogP contribution < -0.4 is 0 Å². The third kappa shape index (κ3) is 3.05. The third-order valence-electron chi connectivity index (χ3n) is 4.48. The third-order valence-corrected chi connectivity index (χ3v) is 6.40. The average Bonchev–Trinajstić information content (AvgIpc) is 3.31. The van der Waals surface area contributed by atoms with Gasteiger partial charge in [0.1, 0.15) is 0 Å². The van der Waals surface area contributed by atoms with Gasteiger partial charge in [0, 0.05) is 21.9 Å². The molecule has 7 heteroatoms. The second-order valence-electron chi connectivity index (χ2n) is 6.04. The van der Waals surface area contributed by atoms with Crippen LogP contribution in [0.25, 0.3) is 0 Å². The largest absolute Gasteiger partial charge is 0.416 e. The number of carbonyl (C=O) groups is 1. The van der Waals surface area contributed by atoms with Crippen molar-refractivity contribution in [2.75, 3.05) is 6.54 Å². The van der Waals surface area contributed by atoms with E-state index in [1.165, 1.54) is 17.0 Å². The van der Waals surface area contributed by atoms with Crippen LogP contribution in [0.3, 0.4) is 0 Å². The maximum Gasteiger partial charge on any atom is 0.416 e. The van der Waals surface area contributed by atoms with Crippen LogP contribution in [0.15, 0.2) is 53.2 Å². The molecular formula is C19H14F3NOS2. The van der Waals surface area contributed by atoms with Crippen LogP contribution in [0.4, 0.5) is 13.2 Å². The van der Waals surface area contributed by atoms with E-state index in [2.05, 4.69) is 0 Å². The molecule has 0 fully saturated rings. The van der Waals surface area contributed by atoms with Crippen molar-refractivity contribution >= 4 is 28.6 Å². The molecule has 0 unspecified atom stereocenters. The second kappa shape index (κ2) is 6.55. The number of hydrogen-bond acceptors (Lipinski definition) is 3. The molecule has 0 bridgehead atoms. The van der Waals surface area contributed by atoms with Gasteiger partial charge < -0.3 is 4.90 Å². The van der Waals surface area contributed by atoms with Crippen molar-refractivity contribution in [1.29, 1.82) is 0 Å². The summed E-state index contributed by atoms with van der Waals surface area (Å²) in [6.45, 7) is 0.491. The van der Waals surface area contributed by atoms with E-state index < -0.39 is 11.7 Å². The maximum absolute atomic E-state index is 13.1. The van der Waals surface area contributed by atoms with Crippen LogP contribution in [0, 0.1) is 0 Å². The molecule has 0 N–H and O–H groups in total. The van der Waals surface area contributed by atoms with E-state index in [1.807, 2.05) is 29.0 Å². The number of thiophene rings is 2. The Kier molecular flexibility index (Phi) is 4.36. The fourth-order valence-electron chi connectivity index (χ4n) is 3.28. The smallest absolute Gasteiger partial charge is 0.326 e. The maximum atomic E-state index is 13.1. The Hall–Kier alpha value is -2.12. The highest BCUT2D eigenvalue weighted by atomic mass is 32.1. The Labute approximate surface area is 156 Å². The predicted octanol–water partition coefficient (Wildman–Crippen LogP) is 5.62. The highest BCUT2D eigenvalue weighted by molar-refractivity contribution is 7.10. The lowest BCUT2D eigenvalue weighted by atomic mass is 9.97. The molecule has 1 aromatic carbocycles. The molecule has 2 nitrogen and oxygen atoms in total. The van der Waals surface area contributed by atoms with Gasteiger partial charge in [-0.2, -0.15) is 13.2 Å². The molecule has 3 heterocycles. The van der Waals surface area contributed by atoms with Crippen molar-refractivity contribution in [3.05, 3.63) is 79.7 Å². The summed E-state index contributed by atoms with van der Waals surface area (Å²) < 4.78 is 39.0. The standard InChI is InChI=1S/C19H14F3NOS2/c20-19(21,22)13-4-1-3-12(11-13)18(24)23-8-6-15-14(7-10-26-15)17(23)16-5-2-9-25-16/h1-5,7,9-11,17H,6,8H2/t17-/m0/s1. The van der Waals surface area contributed by atoms with Gasteiger partial charge in [0.25, 0.3) is 5.91 Å². The van der Waals surface area contributed by atoms with Crippen LogP contribution >= 0.6 is 22.7 Å². The summed E-state index contributed by atoms with van der Waals surface area (Å²) in [4.78, 5) is 17.0. The molecule has 1 aliphatic rings. The molecular weight excluding hydrogens is 379 g/mol. The first kappa shape index (κ1) is 17.3. The van der Waals surface area contributed by atoms with Gasteiger partial charge in [-0.15, -0.1) is 22.7 Å². The zero-order chi connectivity index (χ0) is 18.3. The number of halogens is 3. The molecule has 2 aromatic heterocycles. The average molecular weight is 393 g/mol. The van der Waals surface area contributed by atoms with Crippen LogP contribution in [0.5, 0.6) is 0 Å². The zero-order valence-corrected chi connectivity index (χ0v) is 15.1. The minimum Gasteiger partial charge on any atom is -0.326 e. The molecule has 4 rings (SSSR count). The summed E-state index contributed by atoms with van der Waals surface area (Å²) in [6, 6.07) is 10.3. The Bertz CT molecular complexity index is 930. The van der Waals surface area contributed by atoms with E-state index in [0.717, 1.165) is 29.0 Å². The van der Waals surface area contributed by atoms with E-state index >= 15 is 0 Å². The number of rotatable bonds is 2. The van der Waals surface area contributed by atoms with Gasteiger partial charge in [-0.1, -0.05) is 12.1 Å². The van der Waals surface area contributed by atoms with Crippen LogP contribution in [-0.4, -0.2) is 17.4 Å². The van der Waals surface area contributed by atoms with Crippen molar-refractivity contribution in [3.8, 4) is 0 Å². The van der Waals surface area contributed by atoms with E-state index in [-0.39, 0.29) is 17.5 Å². The summed E-state index contributed by atoms with van der Waals surface area (Å²) in [5, 5.41) is 3.95. The first-order valence-electron chi connectivity index (χ1n) is 8.03. The van der Waals surface area contributed by atoms with E-state index in [1.54, 1.807) is 27.6 Å². The topological polar surface area (TPSA) is 20.3 Å². The van der Waals surface area contributed by atoms with Crippen molar-refractivity contribution < 1.29 is 18.0 Å². The normalized spacial score (nSPS) is 17.2. The van der Waals surface area contributed by atoms with Crippen molar-refractivity contribution in [2.24, 2.45) is 0 Å². The van der Waals surface area contributed by atoms with E-state index in [0.29, 0.717) is 6.54 Å². The van der Waals surface area contributed by atoms with Gasteiger partial charge in [-0.3, -0.25) is 4.79 Å². The quantitative estimate of drug-likeness (QED) is 0.554. The number of fused-ring (bicyclic) bond motifs is 1. The Morgan fingerprint density at radius 2 is 1.92 bits per heavy atom. The summed E-state index contributed by atoms with van der Waals surface area (Å²) in [5.41, 5.74) is 0.341. The number of carbonyl (C=O) groups excluding carboxylic acids is 1. The Balaban J connectivity index is 1.74. The number of hydrogen-bond donors (Lipinski definition) is 0. The molecule has 1 amide bonds. The van der Waals surface area contributed by atoms with Crippen LogP contribution in [0.1, 0.15) is 37.3 Å². The minimum absolute atomic E-state index is 0.0695. The first-order chi connectivity index (χ1) is 12.4. The van der Waals surface area contributed by atoms with E-state index in [4.69, 9.17) is 0 Å². The van der Waals surface area contributed by atoms with E-state index in [9.17, 15) is 18.0 Å². The number of alkyl halides is 3. The highest BCUT2D eigenvalue weighted by Crippen LogP contribution is 2.40. The summed E-state index contributed by atoms with van der Waals surface area (Å²) in [7, 11) is 0. The fourth-order valence-corrected chi connectivity index (χ4v) is 5.04. The molecule has 1 aliphatic heterocycles. The summed E-state index contributed by atoms with van der Waals surface area (Å²) in [5.74, 6) is -0.369. The lowest BCUT2D eigenvalue weighted by Crippen LogP contribution is -2.39. The zero-order valence-electron chi connectivity index (χ0n) is 13.5. The summed E-state index contributed by atoms with van der Waals surface area (Å²) in [6.07, 6.45) is -3.74. The van der Waals surface area contributed by atoms with Crippen LogP contribution in [-0.2, 0) is 12.6 Å². The molecule has 0 saturated carbocycles. The van der Waals surface area contributed by atoms with Crippen molar-refractivity contribution in [1.82, 2.24) is 4.90 Å². The number of benzene rings is 1. The lowest BCUT2D eigenvalue weighted by Gasteiger charge is -2.35. The van der Waals surface area contributed by atoms with Gasteiger partial charge in [-0.05, 0) is 53.1 Å². The molecule has 0 aliphatic carbocycles. The summed E-state index contributed by atoms with van der Waals surface area (Å²) >= 11 is 3.21. The Morgan fingerprint density at radius 1 is 1.08 bits per heavy atom.